The van der Waals surface area contributed by atoms with Crippen LogP contribution in [0.3, 0.4) is 0 Å². The average Bonchev–Trinajstić information content (AvgIpc) is 3.09. The molecule has 1 saturated heterocycles. The minimum absolute atomic E-state index is 0.176. The molecule has 0 bridgehead atoms. The number of nitrogens with zero attached hydrogens (tertiary/aromatic N) is 1. The predicted octanol–water partition coefficient (Wildman–Crippen LogP) is 4.07. The Bertz CT molecular complexity index is 596. The largest absolute Gasteiger partial charge is 0.295 e. The number of carbonyl (C=O) groups is 1. The summed E-state index contributed by atoms with van der Waals surface area (Å²) in [6.45, 7) is 2.46. The van der Waals surface area contributed by atoms with Crippen LogP contribution in [0.5, 0.6) is 0 Å². The van der Waals surface area contributed by atoms with E-state index >= 15 is 0 Å². The van der Waals surface area contributed by atoms with Crippen molar-refractivity contribution in [1.29, 1.82) is 0 Å². The monoisotopic (exact) mass is 305 g/mol. The molecule has 1 unspecified atom stereocenters. The highest BCUT2D eigenvalue weighted by atomic mass is 35.5. The minimum atomic E-state index is 0.176. The van der Waals surface area contributed by atoms with Crippen molar-refractivity contribution in [2.45, 2.75) is 12.3 Å². The van der Waals surface area contributed by atoms with E-state index in [2.05, 4.69) is 29.2 Å². The Labute approximate surface area is 128 Å². The first kappa shape index (κ1) is 13.8. The van der Waals surface area contributed by atoms with Crippen LogP contribution in [0.4, 0.5) is 0 Å². The highest BCUT2D eigenvalue weighted by molar-refractivity contribution is 7.18. The van der Waals surface area contributed by atoms with Gasteiger partial charge in [0.2, 0.25) is 0 Å². The molecule has 2 nitrogen and oxygen atoms in total. The van der Waals surface area contributed by atoms with Crippen LogP contribution in [0.2, 0.25) is 4.34 Å². The third kappa shape index (κ3) is 3.11. The molecule has 0 radical (unpaired) electrons. The maximum atomic E-state index is 12.2. The molecule has 0 aliphatic carbocycles. The first-order valence-corrected chi connectivity index (χ1v) is 7.97. The van der Waals surface area contributed by atoms with Crippen molar-refractivity contribution in [1.82, 2.24) is 4.90 Å². The molecule has 1 aliphatic heterocycles. The van der Waals surface area contributed by atoms with Gasteiger partial charge in [-0.2, -0.15) is 0 Å². The summed E-state index contributed by atoms with van der Waals surface area (Å²) in [6.07, 6.45) is 1.13. The molecule has 0 N–H and O–H groups in total. The van der Waals surface area contributed by atoms with Gasteiger partial charge < -0.3 is 0 Å². The van der Waals surface area contributed by atoms with E-state index in [4.69, 9.17) is 11.6 Å². The summed E-state index contributed by atoms with van der Waals surface area (Å²) in [7, 11) is 0. The van der Waals surface area contributed by atoms with Crippen molar-refractivity contribution in [2.75, 3.05) is 19.6 Å². The number of carbonyl (C=O) groups excluding carboxylic acids is 1. The average molecular weight is 306 g/mol. The van der Waals surface area contributed by atoms with Crippen LogP contribution in [0.25, 0.3) is 0 Å². The number of hydrogen-bond acceptors (Lipinski definition) is 3. The molecule has 2 heterocycles. The molecule has 20 heavy (non-hydrogen) atoms. The highest BCUT2D eigenvalue weighted by Crippen LogP contribution is 2.28. The van der Waals surface area contributed by atoms with Crippen molar-refractivity contribution in [3.8, 4) is 0 Å². The van der Waals surface area contributed by atoms with Gasteiger partial charge in [0.15, 0.2) is 5.78 Å². The number of halogens is 1. The Kier molecular flexibility index (Phi) is 4.20. The predicted molar refractivity (Wildman–Crippen MR) is 83.9 cm³/mol. The Hall–Kier alpha value is -1.16. The van der Waals surface area contributed by atoms with Crippen LogP contribution in [0.1, 0.15) is 27.6 Å². The number of thiophene rings is 1. The molecule has 3 rings (SSSR count). The zero-order valence-corrected chi connectivity index (χ0v) is 12.7. The molecule has 2 aromatic rings. The van der Waals surface area contributed by atoms with Crippen molar-refractivity contribution >= 4 is 28.7 Å². The van der Waals surface area contributed by atoms with Crippen molar-refractivity contribution in [3.05, 3.63) is 57.2 Å². The molecule has 104 valence electrons. The summed E-state index contributed by atoms with van der Waals surface area (Å²) < 4.78 is 0.678. The molecule has 1 aliphatic rings. The van der Waals surface area contributed by atoms with Crippen molar-refractivity contribution < 1.29 is 4.79 Å². The van der Waals surface area contributed by atoms with Crippen LogP contribution in [0, 0.1) is 0 Å². The number of rotatable bonds is 4. The van der Waals surface area contributed by atoms with E-state index in [0.29, 0.717) is 16.8 Å². The summed E-state index contributed by atoms with van der Waals surface area (Å²) in [5.74, 6) is 0.728. The standard InChI is InChI=1S/C16H16ClNOS/c17-16-7-6-15(20-16)14(19)11-18-9-8-13(10-18)12-4-2-1-3-5-12/h1-7,13H,8-11H2. The summed E-state index contributed by atoms with van der Waals surface area (Å²) >= 11 is 7.24. The lowest BCUT2D eigenvalue weighted by molar-refractivity contribution is 0.0948. The molecule has 1 aromatic carbocycles. The number of likely N-dealkylation sites (tertiary alicyclic amines) is 1. The van der Waals surface area contributed by atoms with Gasteiger partial charge in [-0.3, -0.25) is 9.69 Å². The van der Waals surface area contributed by atoms with E-state index in [9.17, 15) is 4.79 Å². The number of hydrogen-bond donors (Lipinski definition) is 0. The number of benzene rings is 1. The summed E-state index contributed by atoms with van der Waals surface area (Å²) in [5, 5.41) is 0. The van der Waals surface area contributed by atoms with E-state index in [-0.39, 0.29) is 5.78 Å². The van der Waals surface area contributed by atoms with Crippen LogP contribution >= 0.6 is 22.9 Å². The zero-order chi connectivity index (χ0) is 13.9. The maximum Gasteiger partial charge on any atom is 0.186 e. The van der Waals surface area contributed by atoms with Gasteiger partial charge in [0.05, 0.1) is 15.8 Å². The summed E-state index contributed by atoms with van der Waals surface area (Å²) in [4.78, 5) is 15.2. The first-order chi connectivity index (χ1) is 9.72. The molecule has 4 heteroatoms. The van der Waals surface area contributed by atoms with E-state index in [0.717, 1.165) is 24.4 Å². The second-order valence-corrected chi connectivity index (χ2v) is 6.87. The molecular weight excluding hydrogens is 290 g/mol. The third-order valence-corrected chi connectivity index (χ3v) is 5.03. The summed E-state index contributed by atoms with van der Waals surface area (Å²) in [5.41, 5.74) is 1.38. The van der Waals surface area contributed by atoms with Crippen LogP contribution < -0.4 is 0 Å². The SMILES string of the molecule is O=C(CN1CCC(c2ccccc2)C1)c1ccc(Cl)s1. The number of ketones is 1. The lowest BCUT2D eigenvalue weighted by atomic mass is 9.99. The van der Waals surface area contributed by atoms with Crippen molar-refractivity contribution in [2.24, 2.45) is 0 Å². The van der Waals surface area contributed by atoms with E-state index < -0.39 is 0 Å². The smallest absolute Gasteiger partial charge is 0.186 e. The molecule has 0 amide bonds. The van der Waals surface area contributed by atoms with Gasteiger partial charge in [0, 0.05) is 6.54 Å². The fraction of sp³-hybridized carbons (Fsp3) is 0.312. The van der Waals surface area contributed by atoms with E-state index in [1.165, 1.54) is 16.9 Å². The van der Waals surface area contributed by atoms with Gasteiger partial charge >= 0.3 is 0 Å². The molecule has 0 spiro atoms. The molecule has 1 aromatic heterocycles. The van der Waals surface area contributed by atoms with Crippen LogP contribution in [-0.2, 0) is 0 Å². The minimum Gasteiger partial charge on any atom is -0.295 e. The van der Waals surface area contributed by atoms with Gasteiger partial charge in [-0.05, 0) is 36.6 Å². The fourth-order valence-electron chi connectivity index (χ4n) is 2.72. The van der Waals surface area contributed by atoms with Gasteiger partial charge in [-0.1, -0.05) is 41.9 Å². The van der Waals surface area contributed by atoms with Crippen LogP contribution in [0.15, 0.2) is 42.5 Å². The number of Topliss-reactive ketones (excluding diaryl/α,β-unsaturated/α-hetero) is 1. The Morgan fingerprint density at radius 2 is 2.05 bits per heavy atom. The second kappa shape index (κ2) is 6.08. The third-order valence-electron chi connectivity index (χ3n) is 3.76. The molecular formula is C16H16ClNOS. The maximum absolute atomic E-state index is 12.2. The topological polar surface area (TPSA) is 20.3 Å². The Morgan fingerprint density at radius 1 is 1.25 bits per heavy atom. The molecule has 1 atom stereocenters. The molecule has 0 saturated carbocycles. The highest BCUT2D eigenvalue weighted by Gasteiger charge is 2.25. The Balaban J connectivity index is 1.59. The Morgan fingerprint density at radius 3 is 2.75 bits per heavy atom. The fourth-order valence-corrected chi connectivity index (χ4v) is 3.69. The second-order valence-electron chi connectivity index (χ2n) is 5.16. The summed E-state index contributed by atoms with van der Waals surface area (Å²) in [6, 6.07) is 14.2. The lowest BCUT2D eigenvalue weighted by Gasteiger charge is -2.14. The first-order valence-electron chi connectivity index (χ1n) is 6.78. The van der Waals surface area contributed by atoms with Crippen LogP contribution in [-0.4, -0.2) is 30.3 Å². The van der Waals surface area contributed by atoms with Gasteiger partial charge in [0.1, 0.15) is 0 Å². The van der Waals surface area contributed by atoms with E-state index in [1.54, 1.807) is 6.07 Å². The lowest BCUT2D eigenvalue weighted by Crippen LogP contribution is -2.27. The van der Waals surface area contributed by atoms with Gasteiger partial charge in [0.25, 0.3) is 0 Å². The normalized spacial score (nSPS) is 19.4. The van der Waals surface area contributed by atoms with E-state index in [1.807, 2.05) is 12.1 Å². The van der Waals surface area contributed by atoms with Gasteiger partial charge in [-0.15, -0.1) is 11.3 Å². The van der Waals surface area contributed by atoms with Crippen molar-refractivity contribution in [3.63, 3.8) is 0 Å². The zero-order valence-electron chi connectivity index (χ0n) is 11.1. The quantitative estimate of drug-likeness (QED) is 0.794. The molecule has 1 fully saturated rings. The van der Waals surface area contributed by atoms with Gasteiger partial charge in [-0.25, -0.2) is 0 Å².